The predicted molar refractivity (Wildman–Crippen MR) is 181 cm³/mol. The van der Waals surface area contributed by atoms with Crippen LogP contribution in [0.15, 0.2) is 61.1 Å². The lowest BCUT2D eigenvalue weighted by atomic mass is 9.78. The Bertz CT molecular complexity index is 2160. The van der Waals surface area contributed by atoms with Crippen molar-refractivity contribution in [1.82, 2.24) is 35.1 Å². The molecule has 2 aliphatic rings. The lowest BCUT2D eigenvalue weighted by molar-refractivity contribution is -0.124. The molecule has 0 unspecified atom stereocenters. The predicted octanol–water partition coefficient (Wildman–Crippen LogP) is 5.46. The molecule has 0 spiro atoms. The fourth-order valence-electron chi connectivity index (χ4n) is 6.90. The standard InChI is InChI=1S/C37H35F3N8O3/c1-21-30-32(45-43-21)26(18-48(19-36(30,2)3)34(50)23-8-11-28(39)29(40)14-23)35(51)46(5)13-12-37(4)20-47(33(49)22-6-9-25(38)10-7-22)17-24(15-41)31-27(37)16-42-44-31/h6-11,14,16-18H,12-13,19-20H2,1-5H3,(H,42,44)(H,43,45)/t37-/m0/s1. The third-order valence-corrected chi connectivity index (χ3v) is 9.58. The van der Waals surface area contributed by atoms with Crippen LogP contribution in [0.25, 0.3) is 11.1 Å². The van der Waals surface area contributed by atoms with E-state index in [2.05, 4.69) is 26.5 Å². The molecule has 0 aliphatic carbocycles. The number of nitriles is 1. The highest BCUT2D eigenvalue weighted by Gasteiger charge is 2.40. The smallest absolute Gasteiger partial charge is 0.257 e. The molecule has 2 N–H and O–H groups in total. The molecule has 2 aromatic heterocycles. The first-order chi connectivity index (χ1) is 24.1. The van der Waals surface area contributed by atoms with Gasteiger partial charge in [-0.15, -0.1) is 0 Å². The van der Waals surface area contributed by atoms with Gasteiger partial charge in [0.25, 0.3) is 17.7 Å². The second kappa shape index (κ2) is 13.1. The first-order valence-electron chi connectivity index (χ1n) is 16.2. The minimum atomic E-state index is -1.16. The van der Waals surface area contributed by atoms with E-state index in [0.717, 1.165) is 17.7 Å². The molecule has 0 bridgehead atoms. The van der Waals surface area contributed by atoms with Gasteiger partial charge in [0.05, 0.1) is 34.4 Å². The monoisotopic (exact) mass is 696 g/mol. The van der Waals surface area contributed by atoms with E-state index in [-0.39, 0.29) is 41.9 Å². The average molecular weight is 697 g/mol. The fourth-order valence-corrected chi connectivity index (χ4v) is 6.90. The van der Waals surface area contributed by atoms with Gasteiger partial charge in [0, 0.05) is 72.2 Å². The molecule has 3 amide bonds. The molecule has 2 aromatic carbocycles. The number of nitrogens with zero attached hydrogens (tertiary/aromatic N) is 6. The van der Waals surface area contributed by atoms with E-state index in [1.165, 1.54) is 57.4 Å². The highest BCUT2D eigenvalue weighted by atomic mass is 19.2. The molecule has 0 saturated heterocycles. The molecule has 2 aliphatic heterocycles. The molecule has 0 saturated carbocycles. The van der Waals surface area contributed by atoms with Crippen molar-refractivity contribution in [2.24, 2.45) is 0 Å². The number of carbonyl (C=O) groups is 3. The Kier molecular flexibility index (Phi) is 8.93. The van der Waals surface area contributed by atoms with Gasteiger partial charge in [-0.3, -0.25) is 24.6 Å². The van der Waals surface area contributed by atoms with Gasteiger partial charge in [-0.2, -0.15) is 15.5 Å². The van der Waals surface area contributed by atoms with Gasteiger partial charge < -0.3 is 14.7 Å². The molecular weight excluding hydrogens is 661 g/mol. The van der Waals surface area contributed by atoms with E-state index < -0.39 is 46.0 Å². The first kappa shape index (κ1) is 34.9. The highest BCUT2D eigenvalue weighted by molar-refractivity contribution is 6.20. The van der Waals surface area contributed by atoms with Crippen molar-refractivity contribution in [3.8, 4) is 6.07 Å². The Morgan fingerprint density at radius 3 is 2.27 bits per heavy atom. The number of carbonyl (C=O) groups excluding carboxylic acids is 3. The Morgan fingerprint density at radius 2 is 1.59 bits per heavy atom. The number of hydrogen-bond acceptors (Lipinski definition) is 6. The van der Waals surface area contributed by atoms with Gasteiger partial charge in [0.1, 0.15) is 11.9 Å². The van der Waals surface area contributed by atoms with Gasteiger partial charge in [-0.25, -0.2) is 13.2 Å². The number of benzene rings is 2. The van der Waals surface area contributed by atoms with Gasteiger partial charge in [0.15, 0.2) is 11.6 Å². The maximum absolute atomic E-state index is 14.4. The molecule has 262 valence electrons. The van der Waals surface area contributed by atoms with Crippen LogP contribution in [0.2, 0.25) is 0 Å². The van der Waals surface area contributed by atoms with Crippen LogP contribution in [-0.2, 0) is 15.6 Å². The maximum Gasteiger partial charge on any atom is 0.257 e. The summed E-state index contributed by atoms with van der Waals surface area (Å²) in [5.41, 5.74) is 1.90. The summed E-state index contributed by atoms with van der Waals surface area (Å²) in [5, 5.41) is 24.4. The molecule has 1 atom stereocenters. The number of aromatic amines is 2. The zero-order valence-electron chi connectivity index (χ0n) is 28.6. The number of likely N-dealkylation sites (N-methyl/N-ethyl adjacent to an activating group) is 1. The second-order valence-electron chi connectivity index (χ2n) is 13.8. The largest absolute Gasteiger partial charge is 0.342 e. The lowest BCUT2D eigenvalue weighted by Crippen LogP contribution is -2.41. The Labute approximate surface area is 292 Å². The summed E-state index contributed by atoms with van der Waals surface area (Å²) in [5.74, 6) is -4.23. The summed E-state index contributed by atoms with van der Waals surface area (Å²) >= 11 is 0. The number of amides is 3. The summed E-state index contributed by atoms with van der Waals surface area (Å²) < 4.78 is 41.5. The number of H-pyrrole nitrogens is 2. The van der Waals surface area contributed by atoms with Crippen molar-refractivity contribution in [2.75, 3.05) is 26.7 Å². The van der Waals surface area contributed by atoms with E-state index in [1.807, 2.05) is 20.8 Å². The molecule has 0 radical (unpaired) electrons. The Balaban J connectivity index is 1.32. The van der Waals surface area contributed by atoms with Crippen LogP contribution in [0, 0.1) is 35.7 Å². The molecule has 51 heavy (non-hydrogen) atoms. The van der Waals surface area contributed by atoms with Crippen LogP contribution in [-0.4, -0.2) is 79.5 Å². The van der Waals surface area contributed by atoms with Gasteiger partial charge in [-0.05, 0) is 55.8 Å². The second-order valence-corrected chi connectivity index (χ2v) is 13.8. The number of aryl methyl sites for hydroxylation is 1. The third-order valence-electron chi connectivity index (χ3n) is 9.58. The summed E-state index contributed by atoms with van der Waals surface area (Å²) in [6, 6.07) is 10.2. The first-order valence-corrected chi connectivity index (χ1v) is 16.2. The third kappa shape index (κ3) is 6.42. The van der Waals surface area contributed by atoms with Crippen LogP contribution < -0.4 is 0 Å². The number of aromatic nitrogens is 4. The van der Waals surface area contributed by atoms with Gasteiger partial charge in [-0.1, -0.05) is 20.8 Å². The molecule has 4 aromatic rings. The minimum absolute atomic E-state index is 0.0798. The van der Waals surface area contributed by atoms with Crippen LogP contribution in [0.1, 0.15) is 76.1 Å². The van der Waals surface area contributed by atoms with Crippen molar-refractivity contribution < 1.29 is 27.6 Å². The van der Waals surface area contributed by atoms with Crippen LogP contribution in [0.5, 0.6) is 0 Å². The van der Waals surface area contributed by atoms with Crippen LogP contribution >= 0.6 is 0 Å². The topological polar surface area (TPSA) is 142 Å². The molecule has 6 rings (SSSR count). The Hall–Kier alpha value is -5.97. The van der Waals surface area contributed by atoms with E-state index in [0.29, 0.717) is 29.1 Å². The average Bonchev–Trinajstić information content (AvgIpc) is 3.70. The normalized spacial score (nSPS) is 18.0. The molecule has 11 nitrogen and oxygen atoms in total. The highest BCUT2D eigenvalue weighted by Crippen LogP contribution is 2.39. The Morgan fingerprint density at radius 1 is 0.922 bits per heavy atom. The number of allylic oxidation sites excluding steroid dienone is 1. The lowest BCUT2D eigenvalue weighted by Gasteiger charge is -2.34. The van der Waals surface area contributed by atoms with E-state index >= 15 is 0 Å². The zero-order valence-corrected chi connectivity index (χ0v) is 28.6. The van der Waals surface area contributed by atoms with E-state index in [4.69, 9.17) is 0 Å². The molecule has 0 fully saturated rings. The summed E-state index contributed by atoms with van der Waals surface area (Å²) in [4.78, 5) is 45.9. The van der Waals surface area contributed by atoms with Gasteiger partial charge >= 0.3 is 0 Å². The zero-order chi connectivity index (χ0) is 36.8. The number of fused-ring (bicyclic) bond motifs is 2. The van der Waals surface area contributed by atoms with Crippen molar-refractivity contribution in [3.05, 3.63) is 118 Å². The van der Waals surface area contributed by atoms with E-state index in [9.17, 15) is 32.8 Å². The number of hydrogen-bond donors (Lipinski definition) is 2. The molecular formula is C37H35F3N8O3. The quantitative estimate of drug-likeness (QED) is 0.274. The van der Waals surface area contributed by atoms with Crippen molar-refractivity contribution in [3.63, 3.8) is 0 Å². The summed E-state index contributed by atoms with van der Waals surface area (Å²) in [7, 11) is 1.61. The summed E-state index contributed by atoms with van der Waals surface area (Å²) in [6.07, 6.45) is 4.78. The van der Waals surface area contributed by atoms with Crippen molar-refractivity contribution in [1.29, 1.82) is 5.26 Å². The van der Waals surface area contributed by atoms with Crippen LogP contribution in [0.4, 0.5) is 13.2 Å². The van der Waals surface area contributed by atoms with Crippen molar-refractivity contribution >= 4 is 28.9 Å². The summed E-state index contributed by atoms with van der Waals surface area (Å²) in [6.45, 7) is 7.91. The maximum atomic E-state index is 14.4. The fraction of sp³-hybridized carbons (Fsp3) is 0.297. The number of halogens is 3. The molecule has 14 heteroatoms. The number of nitrogens with one attached hydrogen (secondary N) is 2. The van der Waals surface area contributed by atoms with Crippen molar-refractivity contribution in [2.45, 2.75) is 44.9 Å². The number of rotatable bonds is 6. The molecule has 4 heterocycles. The SMILES string of the molecule is Cc1n[nH]c2c1C(C)(C)CN(C(=O)c1ccc(F)c(F)c1)C=C2C(=O)N(C)CC[C@@]1(C)CN(C(=O)c2ccc(F)cc2)C=C(C#N)c2[nH]ncc21. The van der Waals surface area contributed by atoms with Crippen LogP contribution in [0.3, 0.4) is 0 Å². The van der Waals surface area contributed by atoms with E-state index in [1.54, 1.807) is 20.2 Å². The minimum Gasteiger partial charge on any atom is -0.342 e. The van der Waals surface area contributed by atoms with Gasteiger partial charge in [0.2, 0.25) is 0 Å².